The molecular weight excluding hydrogens is 212 g/mol. The zero-order valence-electron chi connectivity index (χ0n) is 9.80. The van der Waals surface area contributed by atoms with E-state index in [1.54, 1.807) is 0 Å². The summed E-state index contributed by atoms with van der Waals surface area (Å²) in [5.41, 5.74) is 2.05. The molecule has 1 aromatic rings. The van der Waals surface area contributed by atoms with Gasteiger partial charge in [0, 0.05) is 30.9 Å². The summed E-state index contributed by atoms with van der Waals surface area (Å²) < 4.78 is 0. The molecule has 1 amide bonds. The Kier molecular flexibility index (Phi) is 1.82. The molecule has 88 valence electrons. The van der Waals surface area contributed by atoms with Crippen LogP contribution in [0, 0.1) is 0 Å². The molecular formula is C14H16N2O. The van der Waals surface area contributed by atoms with E-state index in [0.717, 1.165) is 24.3 Å². The number of hydrogen-bond acceptors (Lipinski definition) is 2. The van der Waals surface area contributed by atoms with Crippen LogP contribution in [-0.2, 0) is 0 Å². The topological polar surface area (TPSA) is 23.3 Å². The summed E-state index contributed by atoms with van der Waals surface area (Å²) in [6.07, 6.45) is 3.53. The largest absolute Gasteiger partial charge is 0.364 e. The maximum atomic E-state index is 12.5. The number of hydrogen-bond donors (Lipinski definition) is 0. The summed E-state index contributed by atoms with van der Waals surface area (Å²) >= 11 is 0. The fourth-order valence-corrected chi connectivity index (χ4v) is 3.40. The third kappa shape index (κ3) is 1.31. The van der Waals surface area contributed by atoms with Crippen LogP contribution >= 0.6 is 0 Å². The van der Waals surface area contributed by atoms with Crippen molar-refractivity contribution in [2.45, 2.75) is 31.3 Å². The maximum absolute atomic E-state index is 12.5. The van der Waals surface area contributed by atoms with E-state index in [4.69, 9.17) is 0 Å². The van der Waals surface area contributed by atoms with E-state index in [-0.39, 0.29) is 5.91 Å². The minimum absolute atomic E-state index is 0.244. The van der Waals surface area contributed by atoms with Crippen LogP contribution in [0.15, 0.2) is 24.3 Å². The van der Waals surface area contributed by atoms with Crippen molar-refractivity contribution >= 4 is 11.6 Å². The Morgan fingerprint density at radius 1 is 1.12 bits per heavy atom. The average molecular weight is 228 g/mol. The van der Waals surface area contributed by atoms with Crippen molar-refractivity contribution in [3.63, 3.8) is 0 Å². The van der Waals surface area contributed by atoms with E-state index in [1.807, 2.05) is 18.2 Å². The molecule has 3 heteroatoms. The van der Waals surface area contributed by atoms with E-state index >= 15 is 0 Å². The maximum Gasteiger partial charge on any atom is 0.256 e. The lowest BCUT2D eigenvalue weighted by Crippen LogP contribution is -2.38. The Morgan fingerprint density at radius 3 is 2.94 bits per heavy atom. The Labute approximate surface area is 101 Å². The number of benzene rings is 1. The van der Waals surface area contributed by atoms with Gasteiger partial charge < -0.3 is 9.80 Å². The van der Waals surface area contributed by atoms with Crippen LogP contribution in [-0.4, -0.2) is 36.0 Å². The average Bonchev–Trinajstić information content (AvgIpc) is 2.94. The van der Waals surface area contributed by atoms with Crippen LogP contribution < -0.4 is 4.90 Å². The van der Waals surface area contributed by atoms with Gasteiger partial charge in [-0.05, 0) is 31.4 Å². The molecule has 0 spiro atoms. The van der Waals surface area contributed by atoms with Crippen LogP contribution in [0.25, 0.3) is 0 Å². The second kappa shape index (κ2) is 3.25. The Balaban J connectivity index is 1.83. The van der Waals surface area contributed by atoms with Crippen molar-refractivity contribution in [1.29, 1.82) is 0 Å². The smallest absolute Gasteiger partial charge is 0.256 e. The number of carbonyl (C=O) groups is 1. The van der Waals surface area contributed by atoms with Crippen molar-refractivity contribution in [3.05, 3.63) is 29.8 Å². The molecule has 2 saturated heterocycles. The van der Waals surface area contributed by atoms with Crippen LogP contribution in [0.3, 0.4) is 0 Å². The highest BCUT2D eigenvalue weighted by Gasteiger charge is 2.44. The predicted octanol–water partition coefficient (Wildman–Crippen LogP) is 1.88. The van der Waals surface area contributed by atoms with Gasteiger partial charge in [-0.3, -0.25) is 4.79 Å². The third-order valence-electron chi connectivity index (χ3n) is 4.34. The molecule has 17 heavy (non-hydrogen) atoms. The molecule has 0 aliphatic carbocycles. The van der Waals surface area contributed by atoms with Crippen molar-refractivity contribution in [3.8, 4) is 0 Å². The monoisotopic (exact) mass is 228 g/mol. The zero-order valence-corrected chi connectivity index (χ0v) is 9.80. The van der Waals surface area contributed by atoms with Crippen LogP contribution in [0.4, 0.5) is 5.69 Å². The Hall–Kier alpha value is -1.51. The molecule has 2 fully saturated rings. The van der Waals surface area contributed by atoms with Gasteiger partial charge in [0.1, 0.15) is 0 Å². The van der Waals surface area contributed by atoms with Gasteiger partial charge in [-0.2, -0.15) is 0 Å². The van der Waals surface area contributed by atoms with E-state index in [0.29, 0.717) is 12.1 Å². The number of fused-ring (bicyclic) bond motifs is 4. The molecule has 0 bridgehead atoms. The minimum Gasteiger partial charge on any atom is -0.364 e. The van der Waals surface area contributed by atoms with Crippen LogP contribution in [0.2, 0.25) is 0 Å². The Morgan fingerprint density at radius 2 is 2.00 bits per heavy atom. The highest BCUT2D eigenvalue weighted by Crippen LogP contribution is 2.39. The standard InChI is InChI=1S/C14H16N2O/c17-14-12-5-1-2-6-13(12)16-9-11(16)8-10-4-3-7-15(10)14/h1-2,5-6,10-11H,3-4,7-9H2. The van der Waals surface area contributed by atoms with Crippen molar-refractivity contribution < 1.29 is 4.79 Å². The number of amides is 1. The molecule has 2 unspecified atom stereocenters. The molecule has 3 aliphatic rings. The molecule has 0 aromatic heterocycles. The fourth-order valence-electron chi connectivity index (χ4n) is 3.40. The molecule has 1 aromatic carbocycles. The Bertz CT molecular complexity index is 485. The molecule has 0 saturated carbocycles. The molecule has 3 heterocycles. The van der Waals surface area contributed by atoms with E-state index < -0.39 is 0 Å². The highest BCUT2D eigenvalue weighted by molar-refractivity contribution is 6.01. The van der Waals surface area contributed by atoms with Gasteiger partial charge in [-0.1, -0.05) is 12.1 Å². The van der Waals surface area contributed by atoms with E-state index in [9.17, 15) is 4.79 Å². The molecule has 0 radical (unpaired) electrons. The fraction of sp³-hybridized carbons (Fsp3) is 0.500. The summed E-state index contributed by atoms with van der Waals surface area (Å²) in [5, 5.41) is 0. The minimum atomic E-state index is 0.244. The van der Waals surface area contributed by atoms with Gasteiger partial charge in [-0.15, -0.1) is 0 Å². The lowest BCUT2D eigenvalue weighted by Gasteiger charge is -2.28. The second-order valence-corrected chi connectivity index (χ2v) is 5.35. The van der Waals surface area contributed by atoms with Crippen molar-refractivity contribution in [2.75, 3.05) is 18.0 Å². The number of anilines is 1. The molecule has 4 rings (SSSR count). The molecule has 2 atom stereocenters. The summed E-state index contributed by atoms with van der Waals surface area (Å²) in [6, 6.07) is 9.24. The highest BCUT2D eigenvalue weighted by atomic mass is 16.2. The first kappa shape index (κ1) is 9.51. The summed E-state index contributed by atoms with van der Waals surface area (Å²) in [5.74, 6) is 0.244. The lowest BCUT2D eigenvalue weighted by molar-refractivity contribution is 0.0729. The third-order valence-corrected chi connectivity index (χ3v) is 4.34. The first-order valence-electron chi connectivity index (χ1n) is 6.51. The van der Waals surface area contributed by atoms with Gasteiger partial charge >= 0.3 is 0 Å². The molecule has 3 aliphatic heterocycles. The summed E-state index contributed by atoms with van der Waals surface area (Å²) in [7, 11) is 0. The van der Waals surface area contributed by atoms with Gasteiger partial charge in [0.2, 0.25) is 0 Å². The summed E-state index contributed by atoms with van der Waals surface area (Å²) in [6.45, 7) is 2.08. The quantitative estimate of drug-likeness (QED) is 0.633. The number of nitrogens with zero attached hydrogens (tertiary/aromatic N) is 2. The van der Waals surface area contributed by atoms with Crippen LogP contribution in [0.5, 0.6) is 0 Å². The second-order valence-electron chi connectivity index (χ2n) is 5.35. The summed E-state index contributed by atoms with van der Waals surface area (Å²) in [4.78, 5) is 17.0. The molecule has 3 nitrogen and oxygen atoms in total. The first-order chi connectivity index (χ1) is 8.34. The molecule has 0 N–H and O–H groups in total. The van der Waals surface area contributed by atoms with Gasteiger partial charge in [0.05, 0.1) is 5.56 Å². The van der Waals surface area contributed by atoms with Crippen LogP contribution in [0.1, 0.15) is 29.6 Å². The van der Waals surface area contributed by atoms with Gasteiger partial charge in [0.15, 0.2) is 0 Å². The zero-order chi connectivity index (χ0) is 11.4. The number of carbonyl (C=O) groups excluding carboxylic acids is 1. The number of para-hydroxylation sites is 1. The van der Waals surface area contributed by atoms with E-state index in [2.05, 4.69) is 15.9 Å². The SMILES string of the molecule is O=C1c2ccccc2N2CC2CC2CCCN12. The van der Waals surface area contributed by atoms with E-state index in [1.165, 1.54) is 19.3 Å². The normalized spacial score (nSPS) is 30.2. The predicted molar refractivity (Wildman–Crippen MR) is 66.3 cm³/mol. The number of rotatable bonds is 0. The van der Waals surface area contributed by atoms with Crippen molar-refractivity contribution in [1.82, 2.24) is 4.90 Å². The lowest BCUT2D eigenvalue weighted by atomic mass is 10.1. The van der Waals surface area contributed by atoms with Crippen molar-refractivity contribution in [2.24, 2.45) is 0 Å². The van der Waals surface area contributed by atoms with Gasteiger partial charge in [-0.25, -0.2) is 0 Å². The van der Waals surface area contributed by atoms with Gasteiger partial charge in [0.25, 0.3) is 5.91 Å². The first-order valence-corrected chi connectivity index (χ1v) is 6.51.